The van der Waals surface area contributed by atoms with Crippen molar-refractivity contribution in [3.63, 3.8) is 0 Å². The molecule has 82 valence electrons. The average molecular weight is 207 g/mol. The lowest BCUT2D eigenvalue weighted by Gasteiger charge is -2.10. The van der Waals surface area contributed by atoms with Gasteiger partial charge in [0.15, 0.2) is 0 Å². The average Bonchev–Trinajstić information content (AvgIpc) is 2.17. The van der Waals surface area contributed by atoms with Gasteiger partial charge in [-0.1, -0.05) is 12.1 Å². The maximum Gasteiger partial charge on any atom is 0.253 e. The van der Waals surface area contributed by atoms with Crippen LogP contribution in [0.4, 0.5) is 0 Å². The molecule has 1 rings (SSSR count). The Kier molecular flexibility index (Phi) is 3.86. The minimum Gasteiger partial charge on any atom is -0.393 e. The summed E-state index contributed by atoms with van der Waals surface area (Å²) in [5.41, 5.74) is 1.72. The molecule has 0 aliphatic heterocycles. The van der Waals surface area contributed by atoms with Gasteiger partial charge < -0.3 is 10.0 Å². The fraction of sp³-hybridized carbons (Fsp3) is 0.417. The quantitative estimate of drug-likeness (QED) is 0.812. The standard InChI is InChI=1S/C12H17NO2/c1-9(14)8-10-4-6-11(7-5-10)12(15)13(2)3/h4-7,9,14H,8H2,1-3H3. The van der Waals surface area contributed by atoms with Crippen LogP contribution in [0.25, 0.3) is 0 Å². The van der Waals surface area contributed by atoms with Gasteiger partial charge in [0, 0.05) is 19.7 Å². The Balaban J connectivity index is 2.76. The first-order valence-electron chi connectivity index (χ1n) is 4.99. The molecule has 0 aliphatic carbocycles. The smallest absolute Gasteiger partial charge is 0.253 e. The van der Waals surface area contributed by atoms with E-state index in [0.717, 1.165) is 5.56 Å². The largest absolute Gasteiger partial charge is 0.393 e. The van der Waals surface area contributed by atoms with Gasteiger partial charge in [-0.15, -0.1) is 0 Å². The van der Waals surface area contributed by atoms with Crippen molar-refractivity contribution in [1.82, 2.24) is 4.90 Å². The number of carbonyl (C=O) groups is 1. The molecule has 1 aromatic carbocycles. The number of carbonyl (C=O) groups excluding carboxylic acids is 1. The van der Waals surface area contributed by atoms with Gasteiger partial charge in [0.2, 0.25) is 0 Å². The summed E-state index contributed by atoms with van der Waals surface area (Å²) in [5.74, 6) is -0.00130. The topological polar surface area (TPSA) is 40.5 Å². The van der Waals surface area contributed by atoms with Crippen LogP contribution in [0.15, 0.2) is 24.3 Å². The summed E-state index contributed by atoms with van der Waals surface area (Å²) in [6, 6.07) is 7.34. The Morgan fingerprint density at radius 3 is 2.27 bits per heavy atom. The first-order chi connectivity index (χ1) is 7.00. The van der Waals surface area contributed by atoms with Gasteiger partial charge in [-0.2, -0.15) is 0 Å². The lowest BCUT2D eigenvalue weighted by Crippen LogP contribution is -2.21. The molecule has 0 spiro atoms. The fourth-order valence-electron chi connectivity index (χ4n) is 1.38. The third kappa shape index (κ3) is 3.36. The summed E-state index contributed by atoms with van der Waals surface area (Å²) < 4.78 is 0. The van der Waals surface area contributed by atoms with Gasteiger partial charge in [-0.05, 0) is 31.0 Å². The molecule has 0 saturated carbocycles. The molecule has 0 bridgehead atoms. The SMILES string of the molecule is CC(O)Cc1ccc(C(=O)N(C)C)cc1. The highest BCUT2D eigenvalue weighted by Crippen LogP contribution is 2.08. The van der Waals surface area contributed by atoms with E-state index in [4.69, 9.17) is 0 Å². The highest BCUT2D eigenvalue weighted by atomic mass is 16.3. The molecule has 0 aliphatic rings. The van der Waals surface area contributed by atoms with Crippen molar-refractivity contribution in [3.05, 3.63) is 35.4 Å². The summed E-state index contributed by atoms with van der Waals surface area (Å²) in [6.45, 7) is 1.75. The summed E-state index contributed by atoms with van der Waals surface area (Å²) >= 11 is 0. The second-order valence-electron chi connectivity index (χ2n) is 3.95. The molecule has 1 aromatic rings. The van der Waals surface area contributed by atoms with E-state index in [1.54, 1.807) is 38.1 Å². The van der Waals surface area contributed by atoms with Crippen LogP contribution >= 0.6 is 0 Å². The lowest BCUT2D eigenvalue weighted by molar-refractivity contribution is 0.0827. The highest BCUT2D eigenvalue weighted by Gasteiger charge is 2.07. The molecular formula is C12H17NO2. The Morgan fingerprint density at radius 2 is 1.87 bits per heavy atom. The predicted octanol–water partition coefficient (Wildman–Crippen LogP) is 1.31. The normalized spacial score (nSPS) is 12.3. The van der Waals surface area contributed by atoms with E-state index in [0.29, 0.717) is 12.0 Å². The zero-order chi connectivity index (χ0) is 11.4. The van der Waals surface area contributed by atoms with E-state index in [2.05, 4.69) is 0 Å². The van der Waals surface area contributed by atoms with Crippen molar-refractivity contribution in [1.29, 1.82) is 0 Å². The number of nitrogens with zero attached hydrogens (tertiary/aromatic N) is 1. The maximum atomic E-state index is 11.6. The number of hydrogen-bond donors (Lipinski definition) is 1. The zero-order valence-corrected chi connectivity index (χ0v) is 9.40. The molecule has 1 atom stereocenters. The second-order valence-corrected chi connectivity index (χ2v) is 3.95. The van der Waals surface area contributed by atoms with Gasteiger partial charge in [0.25, 0.3) is 5.91 Å². The molecule has 3 nitrogen and oxygen atoms in total. The molecule has 3 heteroatoms. The monoisotopic (exact) mass is 207 g/mol. The lowest BCUT2D eigenvalue weighted by atomic mass is 10.1. The van der Waals surface area contributed by atoms with E-state index < -0.39 is 0 Å². The minimum atomic E-state index is -0.347. The third-order valence-electron chi connectivity index (χ3n) is 2.14. The summed E-state index contributed by atoms with van der Waals surface area (Å²) in [7, 11) is 3.46. The summed E-state index contributed by atoms with van der Waals surface area (Å²) in [6.07, 6.45) is 0.275. The van der Waals surface area contributed by atoms with Crippen LogP contribution in [0.3, 0.4) is 0 Å². The third-order valence-corrected chi connectivity index (χ3v) is 2.14. The van der Waals surface area contributed by atoms with Crippen molar-refractivity contribution >= 4 is 5.91 Å². The van der Waals surface area contributed by atoms with Crippen LogP contribution in [0.1, 0.15) is 22.8 Å². The molecule has 0 heterocycles. The molecule has 1 amide bonds. The van der Waals surface area contributed by atoms with Crippen molar-refractivity contribution in [2.75, 3.05) is 14.1 Å². The predicted molar refractivity (Wildman–Crippen MR) is 59.8 cm³/mol. The van der Waals surface area contributed by atoms with Gasteiger partial charge in [-0.25, -0.2) is 0 Å². The molecule has 1 unspecified atom stereocenters. The number of amides is 1. The summed E-state index contributed by atoms with van der Waals surface area (Å²) in [5, 5.41) is 9.20. The van der Waals surface area contributed by atoms with Crippen LogP contribution in [-0.2, 0) is 6.42 Å². The molecule has 1 N–H and O–H groups in total. The van der Waals surface area contributed by atoms with E-state index in [1.807, 2.05) is 12.1 Å². The fourth-order valence-corrected chi connectivity index (χ4v) is 1.38. The molecule has 0 fully saturated rings. The number of rotatable bonds is 3. The minimum absolute atomic E-state index is 0.00130. The molecule has 0 aromatic heterocycles. The number of aliphatic hydroxyl groups is 1. The van der Waals surface area contributed by atoms with Crippen molar-refractivity contribution in [2.45, 2.75) is 19.4 Å². The number of hydrogen-bond acceptors (Lipinski definition) is 2. The molecule has 0 saturated heterocycles. The van der Waals surface area contributed by atoms with Crippen molar-refractivity contribution in [3.8, 4) is 0 Å². The molecule has 0 radical (unpaired) electrons. The highest BCUT2D eigenvalue weighted by molar-refractivity contribution is 5.93. The zero-order valence-electron chi connectivity index (χ0n) is 9.40. The Morgan fingerprint density at radius 1 is 1.33 bits per heavy atom. The van der Waals surface area contributed by atoms with Crippen LogP contribution in [-0.4, -0.2) is 36.1 Å². The maximum absolute atomic E-state index is 11.6. The Bertz CT molecular complexity index is 328. The second kappa shape index (κ2) is 4.94. The summed E-state index contributed by atoms with van der Waals surface area (Å²) in [4.78, 5) is 13.1. The van der Waals surface area contributed by atoms with Gasteiger partial charge >= 0.3 is 0 Å². The number of benzene rings is 1. The van der Waals surface area contributed by atoms with E-state index in [1.165, 1.54) is 0 Å². The van der Waals surface area contributed by atoms with Crippen LogP contribution < -0.4 is 0 Å². The first-order valence-corrected chi connectivity index (χ1v) is 4.99. The van der Waals surface area contributed by atoms with Crippen LogP contribution in [0, 0.1) is 0 Å². The first kappa shape index (κ1) is 11.7. The van der Waals surface area contributed by atoms with Crippen LogP contribution in [0.2, 0.25) is 0 Å². The van der Waals surface area contributed by atoms with Gasteiger partial charge in [0.05, 0.1) is 6.10 Å². The Hall–Kier alpha value is -1.35. The van der Waals surface area contributed by atoms with Gasteiger partial charge in [0.1, 0.15) is 0 Å². The van der Waals surface area contributed by atoms with Crippen molar-refractivity contribution in [2.24, 2.45) is 0 Å². The molecule has 15 heavy (non-hydrogen) atoms. The van der Waals surface area contributed by atoms with E-state index in [-0.39, 0.29) is 12.0 Å². The van der Waals surface area contributed by atoms with Crippen molar-refractivity contribution < 1.29 is 9.90 Å². The van der Waals surface area contributed by atoms with Gasteiger partial charge in [-0.3, -0.25) is 4.79 Å². The van der Waals surface area contributed by atoms with Crippen LogP contribution in [0.5, 0.6) is 0 Å². The number of aliphatic hydroxyl groups excluding tert-OH is 1. The van der Waals surface area contributed by atoms with E-state index >= 15 is 0 Å². The molecular weight excluding hydrogens is 190 g/mol. The van der Waals surface area contributed by atoms with E-state index in [9.17, 15) is 9.90 Å². The Labute approximate surface area is 90.3 Å².